The molecule has 0 atom stereocenters. The standard InChI is InChI=1S/C37H38N2O9S3/c1-3-38(26-28-10-8-14-35(24-28)49(40,41)42)32-20-16-30(17-21-32)37(48-51(46,47)34-12-6-5-7-13-34)31-18-22-33(23-19-31)39(4-2)27-29-11-9-15-36(25-29)50(43,44)45/h5-25,37H,3-4,26-27H2,1-2H3,(H,40,41,42)(H,43,44,45). The van der Waals surface area contributed by atoms with Crippen molar-refractivity contribution in [2.75, 3.05) is 22.9 Å². The van der Waals surface area contributed by atoms with Crippen molar-refractivity contribution in [2.24, 2.45) is 0 Å². The molecule has 51 heavy (non-hydrogen) atoms. The first kappa shape index (κ1) is 37.7. The molecule has 0 radical (unpaired) electrons. The molecule has 14 heteroatoms. The Bertz CT molecular complexity index is 2150. The Labute approximate surface area is 299 Å². The normalized spacial score (nSPS) is 12.2. The van der Waals surface area contributed by atoms with E-state index in [9.17, 15) is 34.4 Å². The van der Waals surface area contributed by atoms with Crippen LogP contribution in [0.4, 0.5) is 11.4 Å². The van der Waals surface area contributed by atoms with E-state index in [2.05, 4.69) is 0 Å². The van der Waals surface area contributed by atoms with Crippen LogP contribution in [0.25, 0.3) is 0 Å². The van der Waals surface area contributed by atoms with Crippen molar-refractivity contribution in [1.82, 2.24) is 0 Å². The molecule has 0 aromatic heterocycles. The Morgan fingerprint density at radius 2 is 0.922 bits per heavy atom. The van der Waals surface area contributed by atoms with E-state index in [-0.39, 0.29) is 14.7 Å². The minimum Gasteiger partial charge on any atom is -0.367 e. The van der Waals surface area contributed by atoms with E-state index >= 15 is 0 Å². The largest absolute Gasteiger partial charge is 0.367 e. The van der Waals surface area contributed by atoms with Crippen molar-refractivity contribution < 1.29 is 38.5 Å². The van der Waals surface area contributed by atoms with Crippen LogP contribution in [0.2, 0.25) is 0 Å². The van der Waals surface area contributed by atoms with Gasteiger partial charge in [0.25, 0.3) is 30.4 Å². The maximum absolute atomic E-state index is 13.5. The lowest BCUT2D eigenvalue weighted by molar-refractivity contribution is 0.253. The van der Waals surface area contributed by atoms with Crippen LogP contribution >= 0.6 is 0 Å². The first-order chi connectivity index (χ1) is 24.2. The van der Waals surface area contributed by atoms with Crippen LogP contribution < -0.4 is 9.80 Å². The summed E-state index contributed by atoms with van der Waals surface area (Å²) in [5, 5.41) is 0. The van der Waals surface area contributed by atoms with Crippen LogP contribution in [0.15, 0.2) is 142 Å². The molecule has 268 valence electrons. The molecule has 0 unspecified atom stereocenters. The second-order valence-electron chi connectivity index (χ2n) is 11.7. The number of nitrogens with zero attached hydrogens (tertiary/aromatic N) is 2. The molecule has 0 heterocycles. The molecule has 0 fully saturated rings. The van der Waals surface area contributed by atoms with Crippen molar-refractivity contribution in [1.29, 1.82) is 0 Å². The number of hydrogen-bond acceptors (Lipinski definition) is 9. The number of benzene rings is 5. The van der Waals surface area contributed by atoms with Crippen LogP contribution in [0, 0.1) is 0 Å². The van der Waals surface area contributed by atoms with Gasteiger partial charge in [-0.1, -0.05) is 66.7 Å². The number of hydrogen-bond donors (Lipinski definition) is 2. The first-order valence-electron chi connectivity index (χ1n) is 16.0. The topological polar surface area (TPSA) is 159 Å². The highest BCUT2D eigenvalue weighted by Crippen LogP contribution is 2.33. The third-order valence-electron chi connectivity index (χ3n) is 8.28. The van der Waals surface area contributed by atoms with Crippen LogP contribution in [-0.4, -0.2) is 47.4 Å². The quantitative estimate of drug-likeness (QED) is 0.0864. The summed E-state index contributed by atoms with van der Waals surface area (Å²) in [5.41, 5.74) is 4.11. The summed E-state index contributed by atoms with van der Waals surface area (Å²) in [7, 11) is -12.9. The molecule has 0 bridgehead atoms. The Balaban J connectivity index is 1.44. The Morgan fingerprint density at radius 3 is 1.29 bits per heavy atom. The van der Waals surface area contributed by atoms with Gasteiger partial charge in [-0.05, 0) is 96.8 Å². The maximum Gasteiger partial charge on any atom is 0.297 e. The minimum absolute atomic E-state index is 0.0109. The zero-order valence-electron chi connectivity index (χ0n) is 27.9. The molecular formula is C37H38N2O9S3. The summed E-state index contributed by atoms with van der Waals surface area (Å²) in [6.45, 7) is 5.77. The van der Waals surface area contributed by atoms with Crippen molar-refractivity contribution in [3.63, 3.8) is 0 Å². The predicted molar refractivity (Wildman–Crippen MR) is 195 cm³/mol. The second-order valence-corrected chi connectivity index (χ2v) is 16.1. The average molecular weight is 751 g/mol. The molecular weight excluding hydrogens is 713 g/mol. The summed E-state index contributed by atoms with van der Waals surface area (Å²) in [6.07, 6.45) is -1.01. The molecule has 0 aliphatic heterocycles. The van der Waals surface area contributed by atoms with E-state index in [1.54, 1.807) is 66.7 Å². The van der Waals surface area contributed by atoms with Gasteiger partial charge in [0.05, 0.1) is 14.7 Å². The van der Waals surface area contributed by atoms with Gasteiger partial charge in [-0.3, -0.25) is 13.3 Å². The average Bonchev–Trinajstić information content (AvgIpc) is 3.12. The predicted octanol–water partition coefficient (Wildman–Crippen LogP) is 6.73. The van der Waals surface area contributed by atoms with Gasteiger partial charge in [-0.15, -0.1) is 0 Å². The van der Waals surface area contributed by atoms with Crippen LogP contribution in [0.1, 0.15) is 42.2 Å². The smallest absolute Gasteiger partial charge is 0.297 e. The molecule has 0 aliphatic rings. The molecule has 5 aromatic carbocycles. The Morgan fingerprint density at radius 1 is 0.529 bits per heavy atom. The zero-order valence-corrected chi connectivity index (χ0v) is 30.4. The molecule has 2 N–H and O–H groups in total. The Kier molecular flexibility index (Phi) is 11.6. The van der Waals surface area contributed by atoms with Gasteiger partial charge >= 0.3 is 0 Å². The first-order valence-corrected chi connectivity index (χ1v) is 20.3. The van der Waals surface area contributed by atoms with Gasteiger partial charge in [0.2, 0.25) is 0 Å². The highest BCUT2D eigenvalue weighted by molar-refractivity contribution is 7.87. The zero-order chi connectivity index (χ0) is 36.8. The third-order valence-corrected chi connectivity index (χ3v) is 11.3. The molecule has 5 aromatic rings. The molecule has 0 saturated heterocycles. The van der Waals surface area contributed by atoms with Crippen molar-refractivity contribution in [3.8, 4) is 0 Å². The molecule has 0 spiro atoms. The molecule has 0 saturated carbocycles. The van der Waals surface area contributed by atoms with E-state index in [4.69, 9.17) is 4.18 Å². The summed E-state index contributed by atoms with van der Waals surface area (Å²) in [6, 6.07) is 34.5. The van der Waals surface area contributed by atoms with Gasteiger partial charge in [0, 0.05) is 37.6 Å². The highest BCUT2D eigenvalue weighted by atomic mass is 32.2. The molecule has 5 rings (SSSR count). The fraction of sp³-hybridized carbons (Fsp3) is 0.189. The Hall–Kier alpha value is -4.57. The van der Waals surface area contributed by atoms with Gasteiger partial charge in [0.1, 0.15) is 6.10 Å². The maximum atomic E-state index is 13.5. The van der Waals surface area contributed by atoms with E-state index in [0.29, 0.717) is 48.4 Å². The summed E-state index contributed by atoms with van der Waals surface area (Å²) >= 11 is 0. The van der Waals surface area contributed by atoms with E-state index in [1.807, 2.05) is 47.9 Å². The highest BCUT2D eigenvalue weighted by Gasteiger charge is 2.25. The lowest BCUT2D eigenvalue weighted by Gasteiger charge is -2.26. The lowest BCUT2D eigenvalue weighted by Crippen LogP contribution is -2.22. The van der Waals surface area contributed by atoms with Crippen LogP contribution in [0.5, 0.6) is 0 Å². The van der Waals surface area contributed by atoms with Crippen molar-refractivity contribution in [3.05, 3.63) is 150 Å². The van der Waals surface area contributed by atoms with Gasteiger partial charge in [0.15, 0.2) is 0 Å². The minimum atomic E-state index is -4.35. The van der Waals surface area contributed by atoms with Gasteiger partial charge < -0.3 is 9.80 Å². The SMILES string of the molecule is CCN(Cc1cccc(S(=O)(=O)O)c1)c1ccc(C(OS(=O)(=O)c2ccccc2)c2ccc(N(CC)Cc3cccc(S(=O)(=O)O)c3)cc2)cc1. The summed E-state index contributed by atoms with van der Waals surface area (Å²) in [5.74, 6) is 0. The molecule has 11 nitrogen and oxygen atoms in total. The van der Waals surface area contributed by atoms with Crippen molar-refractivity contribution in [2.45, 2.75) is 47.7 Å². The summed E-state index contributed by atoms with van der Waals surface area (Å²) < 4.78 is 98.5. The fourth-order valence-corrected chi connectivity index (χ4v) is 7.79. The van der Waals surface area contributed by atoms with E-state index in [1.165, 1.54) is 36.4 Å². The second kappa shape index (κ2) is 15.8. The van der Waals surface area contributed by atoms with Crippen LogP contribution in [-0.2, 0) is 47.6 Å². The van der Waals surface area contributed by atoms with Crippen LogP contribution in [0.3, 0.4) is 0 Å². The van der Waals surface area contributed by atoms with Crippen molar-refractivity contribution >= 4 is 41.7 Å². The van der Waals surface area contributed by atoms with Gasteiger partial charge in [-0.2, -0.15) is 25.3 Å². The monoisotopic (exact) mass is 750 g/mol. The van der Waals surface area contributed by atoms with E-state index < -0.39 is 36.5 Å². The number of rotatable bonds is 15. The van der Waals surface area contributed by atoms with E-state index in [0.717, 1.165) is 11.4 Å². The van der Waals surface area contributed by atoms with Gasteiger partial charge in [-0.25, -0.2) is 0 Å². The summed E-state index contributed by atoms with van der Waals surface area (Å²) in [4.78, 5) is 3.64. The fourth-order valence-electron chi connectivity index (χ4n) is 5.61. The molecule has 0 amide bonds. The third kappa shape index (κ3) is 9.61. The lowest BCUT2D eigenvalue weighted by atomic mass is 10.0. The molecule has 0 aliphatic carbocycles. The number of anilines is 2.